The molecule has 2 saturated heterocycles. The Morgan fingerprint density at radius 1 is 1.38 bits per heavy atom. The summed E-state index contributed by atoms with van der Waals surface area (Å²) in [6.07, 6.45) is 4.29. The summed E-state index contributed by atoms with van der Waals surface area (Å²) in [7, 11) is 0. The summed E-state index contributed by atoms with van der Waals surface area (Å²) in [5.41, 5.74) is 1.34. The molecule has 0 unspecified atom stereocenters. The molecule has 2 atom stereocenters. The third kappa shape index (κ3) is 4.04. The minimum Gasteiger partial charge on any atom is -0.494 e. The van der Waals surface area contributed by atoms with Crippen molar-refractivity contribution in [3.8, 4) is 5.88 Å². The third-order valence-electron chi connectivity index (χ3n) is 7.27. The number of piperidine rings is 1. The highest BCUT2D eigenvalue weighted by Gasteiger charge is 2.45. The average molecular weight is 478 g/mol. The summed E-state index contributed by atoms with van der Waals surface area (Å²) >= 11 is 2.87. The van der Waals surface area contributed by atoms with Crippen molar-refractivity contribution in [1.82, 2.24) is 14.8 Å². The molecule has 5 heterocycles. The number of carbonyl (C=O) groups excluding carboxylic acids is 1. The van der Waals surface area contributed by atoms with E-state index in [0.717, 1.165) is 69.8 Å². The standard InChI is InChI=1S/C23H31N3O4S2/c1-3-16-8-17-18(31-16)4-7-30-23(17)5-6-25(14(2)10-23)11-15-12-26(13-15)20(27)9-19-21(28)24-22(29)32-19/h8,14-15,28H,3-7,9-13H2,1-2H3,(H,24,29)/t14-,23+/m0/s1. The Bertz CT molecular complexity index is 1050. The largest absolute Gasteiger partial charge is 0.494 e. The molecule has 0 bridgehead atoms. The zero-order chi connectivity index (χ0) is 22.5. The fraction of sp³-hybridized carbons (Fsp3) is 0.652. The lowest BCUT2D eigenvalue weighted by molar-refractivity contribution is -0.139. The van der Waals surface area contributed by atoms with E-state index in [1.807, 2.05) is 16.2 Å². The zero-order valence-electron chi connectivity index (χ0n) is 18.7. The van der Waals surface area contributed by atoms with Gasteiger partial charge in [-0.05, 0) is 37.8 Å². The Morgan fingerprint density at radius 2 is 2.19 bits per heavy atom. The smallest absolute Gasteiger partial charge is 0.307 e. The van der Waals surface area contributed by atoms with E-state index >= 15 is 0 Å². The van der Waals surface area contributed by atoms with E-state index in [1.54, 1.807) is 0 Å². The molecule has 1 amide bonds. The molecular weight excluding hydrogens is 446 g/mol. The van der Waals surface area contributed by atoms with Crippen LogP contribution in [-0.4, -0.2) is 64.6 Å². The molecule has 1 spiro atoms. The number of hydrogen-bond acceptors (Lipinski definition) is 7. The van der Waals surface area contributed by atoms with Crippen LogP contribution in [0.15, 0.2) is 10.9 Å². The van der Waals surface area contributed by atoms with Crippen molar-refractivity contribution in [3.05, 3.63) is 35.9 Å². The van der Waals surface area contributed by atoms with Crippen LogP contribution in [-0.2, 0) is 34.4 Å². The second-order valence-electron chi connectivity index (χ2n) is 9.42. The average Bonchev–Trinajstić information content (AvgIpc) is 3.29. The van der Waals surface area contributed by atoms with Crippen LogP contribution in [0.4, 0.5) is 0 Å². The predicted octanol–water partition coefficient (Wildman–Crippen LogP) is 2.72. The van der Waals surface area contributed by atoms with Crippen LogP contribution >= 0.6 is 22.7 Å². The SMILES string of the molecule is CCc1cc2c(s1)CCO[C@@]21CCN(CC2CN(C(=O)Cc3sc(=O)[nH]c3O)C2)[C@@H](C)C1. The number of thiophene rings is 1. The van der Waals surface area contributed by atoms with Crippen LogP contribution in [0.3, 0.4) is 0 Å². The second kappa shape index (κ2) is 8.59. The lowest BCUT2D eigenvalue weighted by Gasteiger charge is -2.49. The number of thiazole rings is 1. The van der Waals surface area contributed by atoms with E-state index < -0.39 is 0 Å². The number of H-pyrrole nitrogens is 1. The topological polar surface area (TPSA) is 85.9 Å². The van der Waals surface area contributed by atoms with Crippen LogP contribution < -0.4 is 4.87 Å². The van der Waals surface area contributed by atoms with Crippen molar-refractivity contribution in [2.75, 3.05) is 32.8 Å². The molecule has 0 radical (unpaired) electrons. The van der Waals surface area contributed by atoms with Crippen molar-refractivity contribution in [3.63, 3.8) is 0 Å². The number of hydrogen-bond donors (Lipinski definition) is 2. The molecule has 2 N–H and O–H groups in total. The van der Waals surface area contributed by atoms with Gasteiger partial charge in [-0.1, -0.05) is 18.3 Å². The number of aromatic amines is 1. The van der Waals surface area contributed by atoms with Gasteiger partial charge in [-0.3, -0.25) is 14.6 Å². The third-order valence-corrected chi connectivity index (χ3v) is 9.48. The lowest BCUT2D eigenvalue weighted by atomic mass is 9.79. The molecule has 3 aliphatic heterocycles. The fourth-order valence-electron chi connectivity index (χ4n) is 5.49. The Hall–Kier alpha value is -1.68. The molecule has 5 rings (SSSR count). The number of fused-ring (bicyclic) bond motifs is 2. The quantitative estimate of drug-likeness (QED) is 0.692. The zero-order valence-corrected chi connectivity index (χ0v) is 20.3. The molecule has 9 heteroatoms. The molecular formula is C23H31N3O4S2. The van der Waals surface area contributed by atoms with Crippen LogP contribution in [0.1, 0.15) is 46.9 Å². The van der Waals surface area contributed by atoms with Crippen LogP contribution in [0, 0.1) is 5.92 Å². The van der Waals surface area contributed by atoms with Gasteiger partial charge in [0.25, 0.3) is 0 Å². The van der Waals surface area contributed by atoms with Gasteiger partial charge in [0, 0.05) is 54.3 Å². The molecule has 7 nitrogen and oxygen atoms in total. The van der Waals surface area contributed by atoms with Gasteiger partial charge in [-0.2, -0.15) is 0 Å². The van der Waals surface area contributed by atoms with Gasteiger partial charge in [0.05, 0.1) is 23.5 Å². The van der Waals surface area contributed by atoms with E-state index in [4.69, 9.17) is 4.74 Å². The van der Waals surface area contributed by atoms with Gasteiger partial charge in [-0.25, -0.2) is 0 Å². The Labute approximate surface area is 196 Å². The maximum absolute atomic E-state index is 12.5. The number of amides is 1. The van der Waals surface area contributed by atoms with Crippen molar-refractivity contribution in [2.45, 2.75) is 57.6 Å². The van der Waals surface area contributed by atoms with Gasteiger partial charge < -0.3 is 19.6 Å². The highest BCUT2D eigenvalue weighted by atomic mass is 32.1. The Morgan fingerprint density at radius 3 is 2.88 bits per heavy atom. The highest BCUT2D eigenvalue weighted by Crippen LogP contribution is 2.46. The lowest BCUT2D eigenvalue weighted by Crippen LogP contribution is -2.57. The van der Waals surface area contributed by atoms with Gasteiger partial charge >= 0.3 is 4.87 Å². The monoisotopic (exact) mass is 477 g/mol. The fourth-order valence-corrected chi connectivity index (χ4v) is 7.38. The molecule has 0 saturated carbocycles. The number of nitrogens with zero attached hydrogens (tertiary/aromatic N) is 2. The van der Waals surface area contributed by atoms with E-state index in [9.17, 15) is 14.7 Å². The first-order valence-electron chi connectivity index (χ1n) is 11.6. The first-order valence-corrected chi connectivity index (χ1v) is 13.2. The molecule has 32 heavy (non-hydrogen) atoms. The van der Waals surface area contributed by atoms with E-state index in [-0.39, 0.29) is 28.7 Å². The molecule has 2 aromatic rings. The normalized spacial score (nSPS) is 26.3. The number of aromatic hydroxyl groups is 1. The molecule has 2 fully saturated rings. The summed E-state index contributed by atoms with van der Waals surface area (Å²) in [6.45, 7) is 8.88. The number of ether oxygens (including phenoxy) is 1. The summed E-state index contributed by atoms with van der Waals surface area (Å²) in [5.74, 6) is 0.278. The summed E-state index contributed by atoms with van der Waals surface area (Å²) in [4.78, 5) is 33.6. The summed E-state index contributed by atoms with van der Waals surface area (Å²) < 4.78 is 6.45. The van der Waals surface area contributed by atoms with Crippen molar-refractivity contribution >= 4 is 28.6 Å². The summed E-state index contributed by atoms with van der Waals surface area (Å²) in [5, 5.41) is 9.70. The van der Waals surface area contributed by atoms with Crippen LogP contribution in [0.25, 0.3) is 0 Å². The number of carbonyl (C=O) groups is 1. The minimum absolute atomic E-state index is 0.0234. The Balaban J connectivity index is 1.15. The first kappa shape index (κ1) is 22.1. The minimum atomic E-state index is -0.328. The molecule has 0 aromatic carbocycles. The molecule has 2 aromatic heterocycles. The Kier molecular flexibility index (Phi) is 5.94. The second-order valence-corrected chi connectivity index (χ2v) is 11.7. The van der Waals surface area contributed by atoms with E-state index in [2.05, 4.69) is 29.8 Å². The molecule has 3 aliphatic rings. The van der Waals surface area contributed by atoms with Gasteiger partial charge in [0.15, 0.2) is 0 Å². The van der Waals surface area contributed by atoms with E-state index in [0.29, 0.717) is 16.8 Å². The van der Waals surface area contributed by atoms with Crippen molar-refractivity contribution in [1.29, 1.82) is 0 Å². The van der Waals surface area contributed by atoms with Crippen LogP contribution in [0.5, 0.6) is 5.88 Å². The summed E-state index contributed by atoms with van der Waals surface area (Å²) in [6, 6.07) is 2.84. The number of aromatic nitrogens is 1. The number of aryl methyl sites for hydroxylation is 1. The van der Waals surface area contributed by atoms with Crippen LogP contribution in [0.2, 0.25) is 0 Å². The van der Waals surface area contributed by atoms with Crippen molar-refractivity contribution < 1.29 is 14.6 Å². The first-order chi connectivity index (χ1) is 15.4. The predicted molar refractivity (Wildman–Crippen MR) is 126 cm³/mol. The number of likely N-dealkylation sites (tertiary alicyclic amines) is 2. The van der Waals surface area contributed by atoms with Gasteiger partial charge in [0.1, 0.15) is 0 Å². The maximum atomic E-state index is 12.5. The molecule has 174 valence electrons. The highest BCUT2D eigenvalue weighted by molar-refractivity contribution is 7.12. The van der Waals surface area contributed by atoms with E-state index in [1.165, 1.54) is 15.3 Å². The van der Waals surface area contributed by atoms with Gasteiger partial charge in [0.2, 0.25) is 11.8 Å². The maximum Gasteiger partial charge on any atom is 0.307 e. The van der Waals surface area contributed by atoms with Gasteiger partial charge in [-0.15, -0.1) is 11.3 Å². The van der Waals surface area contributed by atoms with Crippen molar-refractivity contribution in [2.24, 2.45) is 5.92 Å². The number of rotatable bonds is 5. The number of nitrogens with one attached hydrogen (secondary N) is 1. The molecule has 0 aliphatic carbocycles.